The Bertz CT molecular complexity index is 861. The highest BCUT2D eigenvalue weighted by Gasteiger charge is 2.57. The third-order valence-electron chi connectivity index (χ3n) is 7.12. The summed E-state index contributed by atoms with van der Waals surface area (Å²) in [6.45, 7) is 13.0. The molecule has 0 radical (unpaired) electrons. The summed E-state index contributed by atoms with van der Waals surface area (Å²) < 4.78 is 11.5. The zero-order chi connectivity index (χ0) is 23.6. The van der Waals surface area contributed by atoms with Crippen LogP contribution in [0.1, 0.15) is 59.8 Å². The number of hydrogen-bond acceptors (Lipinski definition) is 5. The highest BCUT2D eigenvalue weighted by Crippen LogP contribution is 2.40. The number of amides is 3. The van der Waals surface area contributed by atoms with Gasteiger partial charge in [0.1, 0.15) is 16.9 Å². The zero-order valence-electron chi connectivity index (χ0n) is 20.6. The maximum Gasteiger partial charge on any atom is 0.332 e. The van der Waals surface area contributed by atoms with Crippen LogP contribution in [-0.2, 0) is 9.53 Å². The Morgan fingerprint density at radius 2 is 1.88 bits per heavy atom. The average Bonchev–Trinajstić information content (AvgIpc) is 2.87. The van der Waals surface area contributed by atoms with Gasteiger partial charge in [0.2, 0.25) is 0 Å². The normalized spacial score (nSPS) is 25.7. The quantitative estimate of drug-likeness (QED) is 0.617. The first kappa shape index (κ1) is 24.0. The molecule has 7 nitrogen and oxygen atoms in total. The van der Waals surface area contributed by atoms with Crippen LogP contribution in [0.5, 0.6) is 5.75 Å². The Morgan fingerprint density at radius 3 is 2.58 bits per heavy atom. The molecule has 0 saturated carbocycles. The Kier molecular flexibility index (Phi) is 7.01. The van der Waals surface area contributed by atoms with Gasteiger partial charge in [-0.05, 0) is 84.4 Å². The molecule has 1 aromatic carbocycles. The first-order valence-corrected chi connectivity index (χ1v) is 12.5. The fraction of sp³-hybridized carbons (Fsp3) is 0.692. The molecular weight excluding hydrogens is 418 g/mol. The Hall–Kier alpha value is -2.12. The van der Waals surface area contributed by atoms with E-state index in [0.717, 1.165) is 52.1 Å². The van der Waals surface area contributed by atoms with Crippen LogP contribution in [-0.4, -0.2) is 72.3 Å². The van der Waals surface area contributed by atoms with E-state index in [1.54, 1.807) is 0 Å². The van der Waals surface area contributed by atoms with Gasteiger partial charge < -0.3 is 19.3 Å². The number of anilines is 1. The first-order chi connectivity index (χ1) is 15.7. The average molecular weight is 458 g/mol. The topological polar surface area (TPSA) is 62.3 Å². The van der Waals surface area contributed by atoms with Crippen molar-refractivity contribution in [3.8, 4) is 5.75 Å². The van der Waals surface area contributed by atoms with E-state index in [1.807, 2.05) is 56.9 Å². The van der Waals surface area contributed by atoms with Crippen LogP contribution in [0.3, 0.4) is 0 Å². The van der Waals surface area contributed by atoms with Crippen LogP contribution in [0.2, 0.25) is 0 Å². The molecule has 33 heavy (non-hydrogen) atoms. The maximum atomic E-state index is 13.9. The second-order valence-electron chi connectivity index (χ2n) is 10.6. The van der Waals surface area contributed by atoms with Crippen molar-refractivity contribution in [1.82, 2.24) is 9.80 Å². The Balaban J connectivity index is 1.54. The van der Waals surface area contributed by atoms with Gasteiger partial charge in [0.15, 0.2) is 0 Å². The number of likely N-dealkylation sites (N-methyl/N-ethyl adjacent to an activating group) is 1. The number of imide groups is 1. The van der Waals surface area contributed by atoms with Crippen molar-refractivity contribution in [2.24, 2.45) is 5.92 Å². The third-order valence-corrected chi connectivity index (χ3v) is 7.12. The highest BCUT2D eigenvalue weighted by atomic mass is 16.5. The van der Waals surface area contributed by atoms with Crippen molar-refractivity contribution >= 4 is 17.6 Å². The lowest BCUT2D eigenvalue weighted by Crippen LogP contribution is -2.50. The predicted octanol–water partition coefficient (Wildman–Crippen LogP) is 4.30. The molecule has 3 amide bonds. The van der Waals surface area contributed by atoms with E-state index < -0.39 is 5.54 Å². The lowest BCUT2D eigenvalue weighted by molar-refractivity contribution is -0.125. The number of likely N-dealkylation sites (tertiary alicyclic amines) is 1. The SMILES string of the molecule is CCN1C(=O)N(c2cccc(OC(C)(C)C)c2)C(=O)[C@]12CCCN(CC1CCOCC1)CC2. The molecule has 0 aliphatic carbocycles. The van der Waals surface area contributed by atoms with Gasteiger partial charge in [0, 0.05) is 38.9 Å². The minimum atomic E-state index is -0.753. The van der Waals surface area contributed by atoms with Gasteiger partial charge in [0.05, 0.1) is 5.69 Å². The first-order valence-electron chi connectivity index (χ1n) is 12.5. The maximum absolute atomic E-state index is 13.9. The van der Waals surface area contributed by atoms with Crippen molar-refractivity contribution in [2.45, 2.75) is 70.9 Å². The molecule has 3 saturated heterocycles. The largest absolute Gasteiger partial charge is 0.488 e. The summed E-state index contributed by atoms with van der Waals surface area (Å²) in [5.74, 6) is 1.24. The number of carbonyl (C=O) groups is 2. The van der Waals surface area contributed by atoms with E-state index in [-0.39, 0.29) is 17.5 Å². The van der Waals surface area contributed by atoms with Crippen molar-refractivity contribution in [3.05, 3.63) is 24.3 Å². The van der Waals surface area contributed by atoms with Crippen LogP contribution in [0.25, 0.3) is 0 Å². The molecule has 3 aliphatic heterocycles. The van der Waals surface area contributed by atoms with E-state index in [4.69, 9.17) is 9.47 Å². The van der Waals surface area contributed by atoms with Crippen LogP contribution in [0.15, 0.2) is 24.3 Å². The van der Waals surface area contributed by atoms with E-state index in [2.05, 4.69) is 4.90 Å². The summed E-state index contributed by atoms with van der Waals surface area (Å²) in [6.07, 6.45) is 4.54. The van der Waals surface area contributed by atoms with Crippen molar-refractivity contribution < 1.29 is 19.1 Å². The third kappa shape index (κ3) is 5.04. The van der Waals surface area contributed by atoms with Gasteiger partial charge in [-0.1, -0.05) is 6.07 Å². The Labute approximate surface area is 198 Å². The standard InChI is InChI=1S/C26H39N3O4/c1-5-28-24(31)29(21-8-6-9-22(18-21)33-25(2,3)4)23(30)26(28)12-7-14-27(15-13-26)19-20-10-16-32-17-11-20/h6,8-9,18,20H,5,7,10-17,19H2,1-4H3/t26-/m1/s1. The minimum absolute atomic E-state index is 0.0878. The summed E-state index contributed by atoms with van der Waals surface area (Å²) in [4.78, 5) is 33.1. The molecule has 182 valence electrons. The van der Waals surface area contributed by atoms with Crippen LogP contribution in [0, 0.1) is 5.92 Å². The monoisotopic (exact) mass is 457 g/mol. The van der Waals surface area contributed by atoms with Crippen molar-refractivity contribution in [2.75, 3.05) is 44.3 Å². The molecule has 4 rings (SSSR count). The number of hydrogen-bond donors (Lipinski definition) is 0. The number of rotatable bonds is 5. The number of ether oxygens (including phenoxy) is 2. The van der Waals surface area contributed by atoms with Gasteiger partial charge in [-0.2, -0.15) is 0 Å². The number of urea groups is 1. The van der Waals surface area contributed by atoms with Gasteiger partial charge >= 0.3 is 6.03 Å². The molecule has 0 aromatic heterocycles. The molecule has 3 aliphatic rings. The second-order valence-corrected chi connectivity index (χ2v) is 10.6. The van der Waals surface area contributed by atoms with Crippen LogP contribution in [0.4, 0.5) is 10.5 Å². The van der Waals surface area contributed by atoms with E-state index in [0.29, 0.717) is 36.7 Å². The van der Waals surface area contributed by atoms with E-state index in [1.165, 1.54) is 4.90 Å². The van der Waals surface area contributed by atoms with Crippen molar-refractivity contribution in [3.63, 3.8) is 0 Å². The number of nitrogens with zero attached hydrogens (tertiary/aromatic N) is 3. The summed E-state index contributed by atoms with van der Waals surface area (Å²) in [5, 5.41) is 0. The molecule has 7 heteroatoms. The zero-order valence-corrected chi connectivity index (χ0v) is 20.6. The smallest absolute Gasteiger partial charge is 0.332 e. The fourth-order valence-electron chi connectivity index (χ4n) is 5.55. The highest BCUT2D eigenvalue weighted by molar-refractivity contribution is 6.23. The number of benzene rings is 1. The molecule has 1 atom stereocenters. The summed E-state index contributed by atoms with van der Waals surface area (Å²) in [7, 11) is 0. The fourth-order valence-corrected chi connectivity index (χ4v) is 5.55. The van der Waals surface area contributed by atoms with Crippen LogP contribution < -0.4 is 9.64 Å². The lowest BCUT2D eigenvalue weighted by atomic mass is 9.88. The lowest BCUT2D eigenvalue weighted by Gasteiger charge is -2.34. The summed E-state index contributed by atoms with van der Waals surface area (Å²) >= 11 is 0. The predicted molar refractivity (Wildman–Crippen MR) is 129 cm³/mol. The Morgan fingerprint density at radius 1 is 1.12 bits per heavy atom. The number of carbonyl (C=O) groups excluding carboxylic acids is 2. The van der Waals surface area contributed by atoms with Crippen LogP contribution >= 0.6 is 0 Å². The molecule has 3 fully saturated rings. The summed E-state index contributed by atoms with van der Waals surface area (Å²) in [6, 6.07) is 7.13. The van der Waals surface area contributed by atoms with Gasteiger partial charge in [-0.3, -0.25) is 4.79 Å². The van der Waals surface area contributed by atoms with Gasteiger partial charge in [-0.25, -0.2) is 9.69 Å². The molecule has 0 N–H and O–H groups in total. The minimum Gasteiger partial charge on any atom is -0.488 e. The molecular formula is C26H39N3O4. The molecule has 0 bridgehead atoms. The van der Waals surface area contributed by atoms with Gasteiger partial charge in [-0.15, -0.1) is 0 Å². The molecule has 3 heterocycles. The van der Waals surface area contributed by atoms with Crippen molar-refractivity contribution in [1.29, 1.82) is 0 Å². The molecule has 1 spiro atoms. The van der Waals surface area contributed by atoms with Gasteiger partial charge in [0.25, 0.3) is 5.91 Å². The second kappa shape index (κ2) is 9.63. The van der Waals surface area contributed by atoms with E-state index >= 15 is 0 Å². The van der Waals surface area contributed by atoms with E-state index in [9.17, 15) is 9.59 Å². The molecule has 0 unspecified atom stereocenters. The molecule has 1 aromatic rings. The summed E-state index contributed by atoms with van der Waals surface area (Å²) in [5.41, 5.74) is -0.522.